The van der Waals surface area contributed by atoms with Gasteiger partial charge in [0, 0.05) is 19.6 Å². The van der Waals surface area contributed by atoms with Crippen molar-refractivity contribution in [1.82, 2.24) is 0 Å². The molecule has 0 amide bonds. The topological polar surface area (TPSA) is 117 Å². The monoisotopic (exact) mass is 617 g/mol. The van der Waals surface area contributed by atoms with Crippen molar-refractivity contribution in [3.8, 4) is 0 Å². The van der Waals surface area contributed by atoms with Crippen LogP contribution in [-0.2, 0) is 27.9 Å². The lowest BCUT2D eigenvalue weighted by Crippen LogP contribution is -2.28. The number of carbonyl (C=O) groups is 1. The van der Waals surface area contributed by atoms with E-state index in [1.807, 2.05) is 0 Å². The third kappa shape index (κ3) is 30.4. The minimum atomic E-state index is -4.26. The van der Waals surface area contributed by atoms with E-state index in [4.69, 9.17) is 24.3 Å². The van der Waals surface area contributed by atoms with E-state index in [1.165, 1.54) is 77.0 Å². The summed E-state index contributed by atoms with van der Waals surface area (Å²) >= 11 is 0. The van der Waals surface area contributed by atoms with E-state index in [0.29, 0.717) is 13.0 Å². The highest BCUT2D eigenvalue weighted by atomic mass is 31.2. The summed E-state index contributed by atoms with van der Waals surface area (Å²) in [5.74, 6) is -0.339. The predicted octanol–water partition coefficient (Wildman–Crippen LogP) is 8.96. The molecule has 0 aromatic heterocycles. The van der Waals surface area contributed by atoms with Gasteiger partial charge in [-0.2, -0.15) is 0 Å². The zero-order chi connectivity index (χ0) is 31.0. The number of rotatable bonds is 32. The standard InChI is InChI=1S/C33H64NO7P/c1-3-5-7-9-11-13-14-15-16-17-19-21-23-25-28-38-30-32(31-40-42(36,37)39-29-27-34)41-33(35)26-24-22-20-18-12-10-8-6-4-2/h7,9,13-14,32H,3-6,8,10-12,15-31,34H2,1-2H3,(H,36,37)/b9-7-,14-13-. The first kappa shape index (κ1) is 41.0. The molecular formula is C33H64NO7P. The van der Waals surface area contributed by atoms with Gasteiger partial charge in [0.2, 0.25) is 0 Å². The number of esters is 1. The van der Waals surface area contributed by atoms with Gasteiger partial charge in [-0.3, -0.25) is 13.8 Å². The van der Waals surface area contributed by atoms with Crippen molar-refractivity contribution in [2.24, 2.45) is 5.73 Å². The lowest BCUT2D eigenvalue weighted by Gasteiger charge is -2.20. The second-order valence-electron chi connectivity index (χ2n) is 11.0. The molecule has 9 heteroatoms. The van der Waals surface area contributed by atoms with Gasteiger partial charge in [0.1, 0.15) is 6.10 Å². The van der Waals surface area contributed by atoms with E-state index in [9.17, 15) is 14.3 Å². The van der Waals surface area contributed by atoms with Crippen molar-refractivity contribution in [2.75, 3.05) is 33.0 Å². The number of hydrogen-bond donors (Lipinski definition) is 2. The Kier molecular flexibility index (Phi) is 30.6. The fraction of sp³-hybridized carbons (Fsp3) is 0.848. The highest BCUT2D eigenvalue weighted by Crippen LogP contribution is 2.43. The van der Waals surface area contributed by atoms with Gasteiger partial charge in [0.15, 0.2) is 0 Å². The Morgan fingerprint density at radius 1 is 0.714 bits per heavy atom. The van der Waals surface area contributed by atoms with Gasteiger partial charge in [-0.05, 0) is 38.5 Å². The molecule has 0 radical (unpaired) electrons. The van der Waals surface area contributed by atoms with Crippen LogP contribution in [-0.4, -0.2) is 49.9 Å². The summed E-state index contributed by atoms with van der Waals surface area (Å²) in [5, 5.41) is 0. The minimum Gasteiger partial charge on any atom is -0.457 e. The molecule has 0 saturated heterocycles. The molecule has 8 nitrogen and oxygen atoms in total. The number of nitrogens with two attached hydrogens (primary N) is 1. The maximum absolute atomic E-state index is 12.4. The summed E-state index contributed by atoms with van der Waals surface area (Å²) in [4.78, 5) is 22.2. The highest BCUT2D eigenvalue weighted by molar-refractivity contribution is 7.47. The van der Waals surface area contributed by atoms with E-state index in [0.717, 1.165) is 44.9 Å². The van der Waals surface area contributed by atoms with Gasteiger partial charge >= 0.3 is 13.8 Å². The third-order valence-electron chi connectivity index (χ3n) is 6.85. The predicted molar refractivity (Wildman–Crippen MR) is 173 cm³/mol. The average Bonchev–Trinajstić information content (AvgIpc) is 2.97. The highest BCUT2D eigenvalue weighted by Gasteiger charge is 2.25. The lowest BCUT2D eigenvalue weighted by molar-refractivity contribution is -0.154. The molecule has 0 aromatic rings. The van der Waals surface area contributed by atoms with Crippen LogP contribution in [0.25, 0.3) is 0 Å². The van der Waals surface area contributed by atoms with Crippen LogP contribution in [0.15, 0.2) is 24.3 Å². The smallest absolute Gasteiger partial charge is 0.457 e. The summed E-state index contributed by atoms with van der Waals surface area (Å²) in [7, 11) is -4.26. The van der Waals surface area contributed by atoms with Gasteiger partial charge in [-0.25, -0.2) is 4.57 Å². The van der Waals surface area contributed by atoms with Crippen molar-refractivity contribution in [3.05, 3.63) is 24.3 Å². The Morgan fingerprint density at radius 3 is 1.95 bits per heavy atom. The van der Waals surface area contributed by atoms with Crippen LogP contribution in [0.4, 0.5) is 0 Å². The van der Waals surface area contributed by atoms with E-state index in [1.54, 1.807) is 0 Å². The molecule has 2 atom stereocenters. The molecule has 0 aliphatic heterocycles. The van der Waals surface area contributed by atoms with Crippen LogP contribution in [0.3, 0.4) is 0 Å². The first-order valence-corrected chi connectivity index (χ1v) is 18.3. The molecule has 0 rings (SSSR count). The Morgan fingerprint density at radius 2 is 1.31 bits per heavy atom. The van der Waals surface area contributed by atoms with Crippen LogP contribution in [0.5, 0.6) is 0 Å². The summed E-state index contributed by atoms with van der Waals surface area (Å²) in [5.41, 5.74) is 5.33. The second kappa shape index (κ2) is 31.4. The summed E-state index contributed by atoms with van der Waals surface area (Å²) < 4.78 is 33.1. The molecule has 2 unspecified atom stereocenters. The molecule has 0 bridgehead atoms. The van der Waals surface area contributed by atoms with Crippen LogP contribution < -0.4 is 5.73 Å². The number of allylic oxidation sites excluding steroid dienone is 4. The van der Waals surface area contributed by atoms with E-state index < -0.39 is 13.9 Å². The SMILES string of the molecule is CCC/C=C\C/C=C\CCCCCCCCOCC(COP(=O)(O)OCCN)OC(=O)CCCCCCCCCCC. The fourth-order valence-corrected chi connectivity index (χ4v) is 5.15. The molecule has 0 aliphatic rings. The number of phosphoric ester groups is 1. The molecule has 0 aromatic carbocycles. The molecule has 0 fully saturated rings. The zero-order valence-corrected chi connectivity index (χ0v) is 27.9. The van der Waals surface area contributed by atoms with Gasteiger partial charge in [-0.15, -0.1) is 0 Å². The van der Waals surface area contributed by atoms with Gasteiger partial charge in [-0.1, -0.05) is 122 Å². The zero-order valence-electron chi connectivity index (χ0n) is 27.0. The Labute approximate surface area is 257 Å². The minimum absolute atomic E-state index is 0.0965. The molecule has 42 heavy (non-hydrogen) atoms. The summed E-state index contributed by atoms with van der Waals surface area (Å²) in [6, 6.07) is 0. The quantitative estimate of drug-likeness (QED) is 0.0332. The van der Waals surface area contributed by atoms with E-state index in [2.05, 4.69) is 38.2 Å². The summed E-state index contributed by atoms with van der Waals surface area (Å²) in [6.07, 6.45) is 30.5. The van der Waals surface area contributed by atoms with Crippen LogP contribution in [0.2, 0.25) is 0 Å². The Bertz CT molecular complexity index is 702. The maximum atomic E-state index is 12.4. The Hall–Kier alpha value is -1.02. The number of phosphoric acid groups is 1. The molecule has 0 saturated carbocycles. The molecular weight excluding hydrogens is 553 g/mol. The molecule has 0 heterocycles. The number of carbonyl (C=O) groups excluding carboxylic acids is 1. The van der Waals surface area contributed by atoms with Crippen molar-refractivity contribution < 1.29 is 32.8 Å². The molecule has 0 aliphatic carbocycles. The van der Waals surface area contributed by atoms with Crippen molar-refractivity contribution >= 4 is 13.8 Å². The molecule has 0 spiro atoms. The lowest BCUT2D eigenvalue weighted by atomic mass is 10.1. The van der Waals surface area contributed by atoms with Gasteiger partial charge in [0.25, 0.3) is 0 Å². The van der Waals surface area contributed by atoms with Crippen LogP contribution >= 0.6 is 7.82 Å². The van der Waals surface area contributed by atoms with Crippen LogP contribution in [0, 0.1) is 0 Å². The maximum Gasteiger partial charge on any atom is 0.472 e. The van der Waals surface area contributed by atoms with Crippen molar-refractivity contribution in [1.29, 1.82) is 0 Å². The number of unbranched alkanes of at least 4 members (excludes halogenated alkanes) is 15. The van der Waals surface area contributed by atoms with Crippen LogP contribution in [0.1, 0.15) is 142 Å². The molecule has 3 N–H and O–H groups in total. The third-order valence-corrected chi connectivity index (χ3v) is 7.84. The fourth-order valence-electron chi connectivity index (χ4n) is 4.39. The number of hydrogen-bond acceptors (Lipinski definition) is 7. The van der Waals surface area contributed by atoms with Gasteiger partial charge in [0.05, 0.1) is 19.8 Å². The van der Waals surface area contributed by atoms with E-state index in [-0.39, 0.29) is 32.3 Å². The largest absolute Gasteiger partial charge is 0.472 e. The second-order valence-corrected chi connectivity index (χ2v) is 12.5. The molecule has 248 valence electrons. The first-order chi connectivity index (χ1) is 20.4. The average molecular weight is 618 g/mol. The summed E-state index contributed by atoms with van der Waals surface area (Å²) in [6.45, 7) is 4.80. The first-order valence-electron chi connectivity index (χ1n) is 16.8. The van der Waals surface area contributed by atoms with Crippen molar-refractivity contribution in [3.63, 3.8) is 0 Å². The Balaban J connectivity index is 4.13. The van der Waals surface area contributed by atoms with Crippen molar-refractivity contribution in [2.45, 2.75) is 148 Å². The van der Waals surface area contributed by atoms with E-state index >= 15 is 0 Å². The number of ether oxygens (including phenoxy) is 2. The van der Waals surface area contributed by atoms with Gasteiger partial charge < -0.3 is 20.1 Å². The normalized spacial score (nSPS) is 14.1.